The molecule has 32 heavy (non-hydrogen) atoms. The van der Waals surface area contributed by atoms with Crippen LogP contribution in [0.2, 0.25) is 0 Å². The number of benzene rings is 1. The maximum atomic E-state index is 12.9. The molecule has 6 nitrogen and oxygen atoms in total. The number of hydrogen-bond donors (Lipinski definition) is 1. The minimum atomic E-state index is -0.513. The van der Waals surface area contributed by atoms with E-state index in [2.05, 4.69) is 23.6 Å². The van der Waals surface area contributed by atoms with Gasteiger partial charge in [-0.3, -0.25) is 9.79 Å². The van der Waals surface area contributed by atoms with Crippen LogP contribution in [0.1, 0.15) is 24.9 Å². The van der Waals surface area contributed by atoms with Crippen LogP contribution >= 0.6 is 0 Å². The molecular weight excluding hydrogens is 404 g/mol. The van der Waals surface area contributed by atoms with Gasteiger partial charge < -0.3 is 19.5 Å². The Kier molecular flexibility index (Phi) is 11.4. The first kappa shape index (κ1) is 25.5. The number of carbonyl (C=O) groups is 1. The zero-order valence-electron chi connectivity index (χ0n) is 19.0. The Hall–Kier alpha value is -2.80. The molecule has 2 rings (SSSR count). The Bertz CT molecular complexity index is 829. The summed E-state index contributed by atoms with van der Waals surface area (Å²) >= 11 is 0. The minimum Gasteiger partial charge on any atom is -0.382 e. The van der Waals surface area contributed by atoms with Crippen molar-refractivity contribution in [2.24, 2.45) is 4.99 Å². The van der Waals surface area contributed by atoms with Crippen molar-refractivity contribution in [2.45, 2.75) is 31.5 Å². The van der Waals surface area contributed by atoms with E-state index in [-0.39, 0.29) is 17.9 Å². The summed E-state index contributed by atoms with van der Waals surface area (Å²) < 4.78 is 16.1. The van der Waals surface area contributed by atoms with Crippen LogP contribution in [0.4, 0.5) is 0 Å². The smallest absolute Gasteiger partial charge is 0.193 e. The van der Waals surface area contributed by atoms with Gasteiger partial charge in [-0.15, -0.1) is 0 Å². The van der Waals surface area contributed by atoms with Crippen LogP contribution in [0.5, 0.6) is 0 Å². The number of nitrogens with zero attached hydrogens (tertiary/aromatic N) is 1. The fourth-order valence-corrected chi connectivity index (χ4v) is 3.41. The quantitative estimate of drug-likeness (QED) is 0.206. The summed E-state index contributed by atoms with van der Waals surface area (Å²) in [6.07, 6.45) is 9.39. The molecule has 0 amide bonds. The molecule has 3 unspecified atom stereocenters. The third-order valence-corrected chi connectivity index (χ3v) is 5.05. The van der Waals surface area contributed by atoms with Crippen molar-refractivity contribution in [1.29, 1.82) is 0 Å². The summed E-state index contributed by atoms with van der Waals surface area (Å²) in [5, 5.41) is 3.38. The fourth-order valence-electron chi connectivity index (χ4n) is 3.41. The van der Waals surface area contributed by atoms with Gasteiger partial charge in [0.2, 0.25) is 0 Å². The highest BCUT2D eigenvalue weighted by molar-refractivity contribution is 6.02. The Morgan fingerprint density at radius 2 is 2.00 bits per heavy atom. The maximum Gasteiger partial charge on any atom is 0.193 e. The zero-order chi connectivity index (χ0) is 23.2. The molecule has 0 bridgehead atoms. The van der Waals surface area contributed by atoms with Crippen LogP contribution in [0.15, 0.2) is 83.6 Å². The average molecular weight is 439 g/mol. The Morgan fingerprint density at radius 3 is 2.69 bits per heavy atom. The second-order valence-electron chi connectivity index (χ2n) is 7.32. The topological polar surface area (TPSA) is 69.2 Å². The lowest BCUT2D eigenvalue weighted by Crippen LogP contribution is -2.32. The second kappa shape index (κ2) is 14.3. The largest absolute Gasteiger partial charge is 0.382 e. The second-order valence-corrected chi connectivity index (χ2v) is 7.32. The van der Waals surface area contributed by atoms with Gasteiger partial charge in [-0.25, -0.2) is 0 Å². The number of rotatable bonds is 14. The lowest BCUT2D eigenvalue weighted by Gasteiger charge is -2.26. The molecule has 1 aromatic carbocycles. The van der Waals surface area contributed by atoms with E-state index in [1.807, 2.05) is 61.6 Å². The molecule has 1 aromatic rings. The van der Waals surface area contributed by atoms with E-state index in [9.17, 15) is 4.79 Å². The van der Waals surface area contributed by atoms with Crippen molar-refractivity contribution >= 4 is 12.5 Å². The number of Topliss-reactive ketones (excluding diaryl/α,β-unsaturated/α-hetero) is 1. The van der Waals surface area contributed by atoms with Crippen molar-refractivity contribution in [1.82, 2.24) is 5.32 Å². The number of ketones is 1. The number of carbonyl (C=O) groups excluding carboxylic acids is 1. The summed E-state index contributed by atoms with van der Waals surface area (Å²) in [7, 11) is 1.63. The van der Waals surface area contributed by atoms with E-state index < -0.39 is 6.10 Å². The van der Waals surface area contributed by atoms with Crippen molar-refractivity contribution in [3.63, 3.8) is 0 Å². The average Bonchev–Trinajstić information content (AvgIpc) is 2.81. The molecular formula is C26H34N2O4. The van der Waals surface area contributed by atoms with Gasteiger partial charge >= 0.3 is 0 Å². The standard InChI is InChI=1S/C26H34N2O4/c1-5-10-20(2)24(27-3)25(21-11-7-6-8-12-21)28-19-22-13-9-14-23(26(22)29)32-18-17-31-16-15-30-4/h5-13,19,23-25,28H,2-3,14-18H2,1,4H3/b10-5-,22-19?. The first-order valence-electron chi connectivity index (χ1n) is 10.8. The third kappa shape index (κ3) is 7.71. The first-order valence-corrected chi connectivity index (χ1v) is 10.8. The molecule has 0 fully saturated rings. The molecule has 1 N–H and O–H groups in total. The Balaban J connectivity index is 2.09. The van der Waals surface area contributed by atoms with E-state index in [1.165, 1.54) is 0 Å². The molecule has 0 spiro atoms. The summed E-state index contributed by atoms with van der Waals surface area (Å²) in [6, 6.07) is 9.44. The predicted molar refractivity (Wildman–Crippen MR) is 129 cm³/mol. The van der Waals surface area contributed by atoms with Crippen LogP contribution in [0.25, 0.3) is 0 Å². The van der Waals surface area contributed by atoms with E-state index in [4.69, 9.17) is 14.2 Å². The van der Waals surface area contributed by atoms with E-state index in [0.717, 1.165) is 11.1 Å². The first-order chi connectivity index (χ1) is 15.6. The Labute approximate surface area is 191 Å². The van der Waals surface area contributed by atoms with Crippen LogP contribution in [-0.4, -0.2) is 58.2 Å². The van der Waals surface area contributed by atoms with Crippen molar-refractivity contribution in [3.05, 3.63) is 84.1 Å². The van der Waals surface area contributed by atoms with Gasteiger partial charge in [0.15, 0.2) is 5.78 Å². The molecule has 6 heteroatoms. The van der Waals surface area contributed by atoms with Crippen LogP contribution < -0.4 is 5.32 Å². The molecule has 0 saturated heterocycles. The number of ether oxygens (including phenoxy) is 3. The normalized spacial score (nSPS) is 19.2. The highest BCUT2D eigenvalue weighted by atomic mass is 16.5. The number of methoxy groups -OCH3 is 1. The van der Waals surface area contributed by atoms with Gasteiger partial charge in [-0.05, 0) is 31.2 Å². The number of aliphatic imine (C=N–C) groups is 1. The van der Waals surface area contributed by atoms with E-state index in [1.54, 1.807) is 13.3 Å². The highest BCUT2D eigenvalue weighted by Crippen LogP contribution is 2.25. The van der Waals surface area contributed by atoms with Crippen molar-refractivity contribution in [3.8, 4) is 0 Å². The highest BCUT2D eigenvalue weighted by Gasteiger charge is 2.26. The molecule has 1 aliphatic rings. The molecule has 0 aliphatic heterocycles. The van der Waals surface area contributed by atoms with Gasteiger partial charge in [0.1, 0.15) is 6.10 Å². The third-order valence-electron chi connectivity index (χ3n) is 5.05. The summed E-state index contributed by atoms with van der Waals surface area (Å²) in [6.45, 7) is 11.7. The SMILES string of the molecule is C=NC(C(=C)/C=C\C)C(NC=C1C=CCC(OCCOCCOC)C1=O)c1ccccc1. The Morgan fingerprint density at radius 1 is 1.25 bits per heavy atom. The monoisotopic (exact) mass is 438 g/mol. The molecule has 172 valence electrons. The summed E-state index contributed by atoms with van der Waals surface area (Å²) in [5.74, 6) is -0.0564. The zero-order valence-corrected chi connectivity index (χ0v) is 19.0. The minimum absolute atomic E-state index is 0.0564. The molecule has 0 heterocycles. The predicted octanol–water partition coefficient (Wildman–Crippen LogP) is 3.98. The molecule has 0 saturated carbocycles. The lowest BCUT2D eigenvalue weighted by molar-refractivity contribution is -0.127. The van der Waals surface area contributed by atoms with Gasteiger partial charge in [0.05, 0.1) is 38.5 Å². The molecule has 0 aromatic heterocycles. The summed E-state index contributed by atoms with van der Waals surface area (Å²) in [4.78, 5) is 17.2. The van der Waals surface area contributed by atoms with Crippen LogP contribution in [0, 0.1) is 0 Å². The van der Waals surface area contributed by atoms with Crippen LogP contribution in [-0.2, 0) is 19.0 Å². The molecule has 3 atom stereocenters. The van der Waals surface area contributed by atoms with Gasteiger partial charge in [0.25, 0.3) is 0 Å². The van der Waals surface area contributed by atoms with Crippen molar-refractivity contribution in [2.75, 3.05) is 33.5 Å². The number of hydrogen-bond acceptors (Lipinski definition) is 6. The molecule has 1 aliphatic carbocycles. The van der Waals surface area contributed by atoms with Crippen molar-refractivity contribution < 1.29 is 19.0 Å². The number of allylic oxidation sites excluding steroid dienone is 2. The lowest BCUT2D eigenvalue weighted by atomic mass is 9.93. The fraction of sp³-hybridized carbons (Fsp3) is 0.385. The number of nitrogens with one attached hydrogen (secondary N) is 1. The summed E-state index contributed by atoms with van der Waals surface area (Å²) in [5.41, 5.74) is 2.42. The van der Waals surface area contributed by atoms with E-state index in [0.29, 0.717) is 38.4 Å². The van der Waals surface area contributed by atoms with Gasteiger partial charge in [-0.1, -0.05) is 61.2 Å². The van der Waals surface area contributed by atoms with Gasteiger partial charge in [-0.2, -0.15) is 0 Å². The molecule has 0 radical (unpaired) electrons. The maximum absolute atomic E-state index is 12.9. The van der Waals surface area contributed by atoms with E-state index >= 15 is 0 Å². The van der Waals surface area contributed by atoms with Gasteiger partial charge in [0, 0.05) is 18.9 Å². The van der Waals surface area contributed by atoms with Crippen LogP contribution in [0.3, 0.4) is 0 Å².